The Morgan fingerprint density at radius 1 is 1.40 bits per heavy atom. The van der Waals surface area contributed by atoms with Crippen molar-refractivity contribution in [3.05, 3.63) is 58.6 Å². The zero-order chi connectivity index (χ0) is 14.5. The highest BCUT2D eigenvalue weighted by Gasteiger charge is 2.13. The Morgan fingerprint density at radius 2 is 2.20 bits per heavy atom. The maximum absolute atomic E-state index is 13.6. The molecule has 0 saturated carbocycles. The molecule has 1 aromatic heterocycles. The van der Waals surface area contributed by atoms with Gasteiger partial charge in [0.2, 0.25) is 5.91 Å². The molecule has 0 saturated heterocycles. The van der Waals surface area contributed by atoms with Crippen molar-refractivity contribution in [1.29, 1.82) is 0 Å². The van der Waals surface area contributed by atoms with Gasteiger partial charge in [-0.15, -0.1) is 0 Å². The van der Waals surface area contributed by atoms with E-state index in [1.807, 2.05) is 0 Å². The third-order valence-corrected chi connectivity index (χ3v) is 3.11. The molecule has 20 heavy (non-hydrogen) atoms. The molecule has 0 aliphatic rings. The highest BCUT2D eigenvalue weighted by atomic mass is 35.5. The summed E-state index contributed by atoms with van der Waals surface area (Å²) in [6.07, 6.45) is 2.74. The van der Waals surface area contributed by atoms with E-state index in [1.165, 1.54) is 30.6 Å². The summed E-state index contributed by atoms with van der Waals surface area (Å²) in [5.41, 5.74) is 1.07. The first-order valence-corrected chi connectivity index (χ1v) is 6.26. The molecule has 0 radical (unpaired) electrons. The van der Waals surface area contributed by atoms with Crippen LogP contribution in [0.1, 0.15) is 11.1 Å². The van der Waals surface area contributed by atoms with Crippen molar-refractivity contribution in [1.82, 2.24) is 4.98 Å². The van der Waals surface area contributed by atoms with Gasteiger partial charge in [-0.05, 0) is 18.2 Å². The molecule has 0 fully saturated rings. The van der Waals surface area contributed by atoms with Gasteiger partial charge in [-0.2, -0.15) is 0 Å². The van der Waals surface area contributed by atoms with Gasteiger partial charge in [-0.1, -0.05) is 17.7 Å². The zero-order valence-corrected chi connectivity index (χ0v) is 11.2. The summed E-state index contributed by atoms with van der Waals surface area (Å²) in [6.45, 7) is -0.224. The summed E-state index contributed by atoms with van der Waals surface area (Å²) < 4.78 is 13.6. The summed E-state index contributed by atoms with van der Waals surface area (Å²) in [7, 11) is 0. The first-order chi connectivity index (χ1) is 9.61. The fourth-order valence-corrected chi connectivity index (χ4v) is 1.96. The molecule has 1 aromatic carbocycles. The predicted molar refractivity (Wildman–Crippen MR) is 73.9 cm³/mol. The van der Waals surface area contributed by atoms with Gasteiger partial charge >= 0.3 is 0 Å². The van der Waals surface area contributed by atoms with Crippen molar-refractivity contribution < 1.29 is 14.3 Å². The van der Waals surface area contributed by atoms with E-state index in [2.05, 4.69) is 10.3 Å². The van der Waals surface area contributed by atoms with E-state index in [1.54, 1.807) is 6.07 Å². The highest BCUT2D eigenvalue weighted by molar-refractivity contribution is 6.31. The van der Waals surface area contributed by atoms with Crippen LogP contribution in [0.5, 0.6) is 0 Å². The second-order valence-corrected chi connectivity index (χ2v) is 4.52. The molecule has 2 rings (SSSR count). The van der Waals surface area contributed by atoms with E-state index in [-0.39, 0.29) is 23.6 Å². The fraction of sp³-hybridized carbons (Fsp3) is 0.143. The zero-order valence-electron chi connectivity index (χ0n) is 10.4. The number of anilines is 1. The van der Waals surface area contributed by atoms with Crippen LogP contribution in [0.25, 0.3) is 0 Å². The molecule has 2 aromatic rings. The van der Waals surface area contributed by atoms with Crippen LogP contribution < -0.4 is 5.32 Å². The molecule has 2 N–H and O–H groups in total. The number of carbonyl (C=O) groups excluding carboxylic acids is 1. The summed E-state index contributed by atoms with van der Waals surface area (Å²) >= 11 is 5.86. The number of benzene rings is 1. The number of pyridine rings is 1. The number of halogens is 2. The van der Waals surface area contributed by atoms with Crippen LogP contribution >= 0.6 is 11.6 Å². The molecule has 0 bridgehead atoms. The number of hydrogen-bond acceptors (Lipinski definition) is 3. The number of rotatable bonds is 4. The number of carbonyl (C=O) groups is 1. The number of nitrogens with zero attached hydrogens (tertiary/aromatic N) is 1. The SMILES string of the molecule is O=C(Cc1c(F)cccc1Cl)Nc1cnccc1CO. The number of aliphatic hydroxyl groups is 1. The van der Waals surface area contributed by atoms with Crippen LogP contribution in [0, 0.1) is 5.82 Å². The minimum atomic E-state index is -0.527. The Balaban J connectivity index is 2.13. The third-order valence-electron chi connectivity index (χ3n) is 2.75. The van der Waals surface area contributed by atoms with Gasteiger partial charge in [0.15, 0.2) is 0 Å². The Bertz CT molecular complexity index is 614. The maximum Gasteiger partial charge on any atom is 0.229 e. The number of amides is 1. The van der Waals surface area contributed by atoms with Gasteiger partial charge in [0.25, 0.3) is 0 Å². The molecule has 0 unspecified atom stereocenters. The van der Waals surface area contributed by atoms with Crippen LogP contribution in [0.2, 0.25) is 5.02 Å². The topological polar surface area (TPSA) is 62.2 Å². The smallest absolute Gasteiger partial charge is 0.229 e. The van der Waals surface area contributed by atoms with Crippen LogP contribution in [-0.2, 0) is 17.8 Å². The van der Waals surface area contributed by atoms with Crippen molar-refractivity contribution in [3.63, 3.8) is 0 Å². The molecule has 6 heteroatoms. The van der Waals surface area contributed by atoms with Gasteiger partial charge in [0.1, 0.15) is 5.82 Å². The lowest BCUT2D eigenvalue weighted by molar-refractivity contribution is -0.115. The van der Waals surface area contributed by atoms with Gasteiger partial charge in [-0.25, -0.2) is 4.39 Å². The van der Waals surface area contributed by atoms with Gasteiger partial charge < -0.3 is 10.4 Å². The monoisotopic (exact) mass is 294 g/mol. The second kappa shape index (κ2) is 6.45. The van der Waals surface area contributed by atoms with E-state index >= 15 is 0 Å². The lowest BCUT2D eigenvalue weighted by Gasteiger charge is -2.10. The maximum atomic E-state index is 13.6. The molecule has 0 spiro atoms. The van der Waals surface area contributed by atoms with Crippen molar-refractivity contribution in [2.75, 3.05) is 5.32 Å². The molecular weight excluding hydrogens is 283 g/mol. The van der Waals surface area contributed by atoms with E-state index in [4.69, 9.17) is 16.7 Å². The minimum Gasteiger partial charge on any atom is -0.392 e. The van der Waals surface area contributed by atoms with E-state index < -0.39 is 11.7 Å². The normalized spacial score (nSPS) is 10.3. The number of hydrogen-bond donors (Lipinski definition) is 2. The Morgan fingerprint density at radius 3 is 2.90 bits per heavy atom. The molecule has 4 nitrogen and oxygen atoms in total. The summed E-state index contributed by atoms with van der Waals surface area (Å²) in [6, 6.07) is 5.84. The summed E-state index contributed by atoms with van der Waals surface area (Å²) in [5.74, 6) is -0.957. The number of aromatic nitrogens is 1. The van der Waals surface area contributed by atoms with Crippen molar-refractivity contribution >= 4 is 23.2 Å². The van der Waals surface area contributed by atoms with Crippen LogP contribution in [0.15, 0.2) is 36.7 Å². The second-order valence-electron chi connectivity index (χ2n) is 4.12. The average molecular weight is 295 g/mol. The lowest BCUT2D eigenvalue weighted by Crippen LogP contribution is -2.16. The van der Waals surface area contributed by atoms with E-state index in [0.29, 0.717) is 11.3 Å². The average Bonchev–Trinajstić information content (AvgIpc) is 2.44. The van der Waals surface area contributed by atoms with E-state index in [9.17, 15) is 9.18 Å². The first-order valence-electron chi connectivity index (χ1n) is 5.88. The molecule has 0 aliphatic heterocycles. The molecule has 0 atom stereocenters. The Kier molecular flexibility index (Phi) is 4.65. The number of aliphatic hydroxyl groups excluding tert-OH is 1. The molecular formula is C14H12ClFN2O2. The first kappa shape index (κ1) is 14.4. The standard InChI is InChI=1S/C14H12ClFN2O2/c15-11-2-1-3-12(16)10(11)6-14(20)18-13-7-17-5-4-9(13)8-19/h1-5,7,19H,6,8H2,(H,18,20). The molecule has 1 heterocycles. The molecule has 1 amide bonds. The van der Waals surface area contributed by atoms with Gasteiger partial charge in [0, 0.05) is 22.3 Å². The quantitative estimate of drug-likeness (QED) is 0.911. The third kappa shape index (κ3) is 3.31. The summed E-state index contributed by atoms with van der Waals surface area (Å²) in [5, 5.41) is 11.9. The van der Waals surface area contributed by atoms with Crippen molar-refractivity contribution in [2.24, 2.45) is 0 Å². The van der Waals surface area contributed by atoms with Crippen LogP contribution in [0.4, 0.5) is 10.1 Å². The van der Waals surface area contributed by atoms with E-state index in [0.717, 1.165) is 0 Å². The van der Waals surface area contributed by atoms with Crippen molar-refractivity contribution in [2.45, 2.75) is 13.0 Å². The Labute approximate surface area is 120 Å². The predicted octanol–water partition coefficient (Wildman–Crippen LogP) is 2.55. The van der Waals surface area contributed by atoms with Gasteiger partial charge in [0.05, 0.1) is 24.9 Å². The number of nitrogens with one attached hydrogen (secondary N) is 1. The molecule has 0 aliphatic carbocycles. The van der Waals surface area contributed by atoms with Crippen molar-refractivity contribution in [3.8, 4) is 0 Å². The van der Waals surface area contributed by atoms with Crippen LogP contribution in [0.3, 0.4) is 0 Å². The Hall–Kier alpha value is -1.98. The van der Waals surface area contributed by atoms with Crippen LogP contribution in [-0.4, -0.2) is 16.0 Å². The van der Waals surface area contributed by atoms with Gasteiger partial charge in [-0.3, -0.25) is 9.78 Å². The summed E-state index contributed by atoms with van der Waals surface area (Å²) in [4.78, 5) is 15.8. The molecule has 104 valence electrons. The highest BCUT2D eigenvalue weighted by Crippen LogP contribution is 2.20. The minimum absolute atomic E-state index is 0.140. The fourth-order valence-electron chi connectivity index (χ4n) is 1.73. The lowest BCUT2D eigenvalue weighted by atomic mass is 10.1. The largest absolute Gasteiger partial charge is 0.392 e.